The summed E-state index contributed by atoms with van der Waals surface area (Å²) in [6.07, 6.45) is 2.25. The Kier molecular flexibility index (Phi) is 7.41. The average Bonchev–Trinajstić information content (AvgIpc) is 2.88. The van der Waals surface area contributed by atoms with Crippen LogP contribution in [0.4, 0.5) is 20.2 Å². The molecule has 0 bridgehead atoms. The fraction of sp³-hybridized carbons (Fsp3) is 0.200. The normalized spacial score (nSPS) is 11.5. The van der Waals surface area contributed by atoms with Crippen molar-refractivity contribution in [2.45, 2.75) is 0 Å². The Labute approximate surface area is 211 Å². The van der Waals surface area contributed by atoms with Gasteiger partial charge in [0.25, 0.3) is 15.7 Å². The first-order valence-corrected chi connectivity index (χ1v) is 12.7. The summed E-state index contributed by atoms with van der Waals surface area (Å²) in [7, 11) is -1.41. The van der Waals surface area contributed by atoms with Gasteiger partial charge in [0.05, 0.1) is 43.7 Å². The zero-order valence-corrected chi connectivity index (χ0v) is 21.0. The monoisotopic (exact) mass is 531 g/mol. The van der Waals surface area contributed by atoms with Crippen molar-refractivity contribution < 1.29 is 30.9 Å². The van der Waals surface area contributed by atoms with Crippen molar-refractivity contribution in [2.75, 3.05) is 38.5 Å². The molecule has 0 amide bonds. The lowest BCUT2D eigenvalue weighted by atomic mass is 10.1. The number of benzene rings is 3. The molecule has 0 atom stereocenters. The summed E-state index contributed by atoms with van der Waals surface area (Å²) in [4.78, 5) is 18.8. The molecule has 0 N–H and O–H groups in total. The molecule has 0 unspecified atom stereocenters. The molecular weight excluding hydrogens is 508 g/mol. The van der Waals surface area contributed by atoms with Crippen molar-refractivity contribution in [3.8, 4) is 17.2 Å². The van der Waals surface area contributed by atoms with Gasteiger partial charge >= 0.3 is 0 Å². The minimum Gasteiger partial charge on any atom is -0.493 e. The number of ether oxygens (including phenoxy) is 2. The van der Waals surface area contributed by atoms with Gasteiger partial charge in [0.15, 0.2) is 23.1 Å². The Morgan fingerprint density at radius 3 is 2.22 bits per heavy atom. The second-order valence-corrected chi connectivity index (χ2v) is 9.54. The van der Waals surface area contributed by atoms with Crippen molar-refractivity contribution in [3.05, 3.63) is 82.9 Å². The van der Waals surface area contributed by atoms with Crippen molar-refractivity contribution in [2.24, 2.45) is 0 Å². The summed E-state index contributed by atoms with van der Waals surface area (Å²) in [5.74, 6) is -2.69. The molecule has 1 heterocycles. The van der Waals surface area contributed by atoms with Crippen LogP contribution < -0.4 is 19.9 Å². The number of aromatic nitrogens is 2. The van der Waals surface area contributed by atoms with E-state index in [2.05, 4.69) is 4.98 Å². The van der Waals surface area contributed by atoms with Crippen LogP contribution in [0.3, 0.4) is 0 Å². The van der Waals surface area contributed by atoms with Crippen LogP contribution in [-0.2, 0) is 14.3 Å². The van der Waals surface area contributed by atoms with Gasteiger partial charge in [-0.25, -0.2) is 13.8 Å². The van der Waals surface area contributed by atoms with Crippen LogP contribution in [0.1, 0.15) is 0 Å². The SMILES string of the molecule is COc1cc(OC)c(F)c(N(CCOS(C)(=O)=O)c2ccc3ncn(-c4ccccc4)c(=O)c3c2)c1F. The maximum absolute atomic E-state index is 15.4. The molecule has 194 valence electrons. The van der Waals surface area contributed by atoms with Gasteiger partial charge in [-0.15, -0.1) is 0 Å². The number of nitrogens with zero attached hydrogens (tertiary/aromatic N) is 3. The third kappa shape index (κ3) is 5.39. The summed E-state index contributed by atoms with van der Waals surface area (Å²) in [5.41, 5.74) is 0.148. The van der Waals surface area contributed by atoms with Gasteiger partial charge in [0, 0.05) is 18.3 Å². The minimum absolute atomic E-state index is 0.175. The third-order valence-electron chi connectivity index (χ3n) is 5.52. The van der Waals surface area contributed by atoms with Crippen LogP contribution in [-0.4, -0.2) is 51.6 Å². The van der Waals surface area contributed by atoms with Crippen LogP contribution in [0.2, 0.25) is 0 Å². The van der Waals surface area contributed by atoms with Gasteiger partial charge in [0.1, 0.15) is 12.0 Å². The Morgan fingerprint density at radius 1 is 0.973 bits per heavy atom. The fourth-order valence-electron chi connectivity index (χ4n) is 3.81. The fourth-order valence-corrected chi connectivity index (χ4v) is 4.19. The molecule has 3 aromatic carbocycles. The lowest BCUT2D eigenvalue weighted by Gasteiger charge is -2.27. The molecule has 0 radical (unpaired) electrons. The van der Waals surface area contributed by atoms with E-state index >= 15 is 8.78 Å². The van der Waals surface area contributed by atoms with Crippen molar-refractivity contribution in [1.82, 2.24) is 9.55 Å². The maximum atomic E-state index is 15.4. The first kappa shape index (κ1) is 26.0. The summed E-state index contributed by atoms with van der Waals surface area (Å²) in [6.45, 7) is -0.730. The largest absolute Gasteiger partial charge is 0.493 e. The molecule has 0 aliphatic heterocycles. The summed E-state index contributed by atoms with van der Waals surface area (Å²) in [6, 6.07) is 14.3. The number of fused-ring (bicyclic) bond motifs is 1. The van der Waals surface area contributed by atoms with E-state index in [9.17, 15) is 13.2 Å². The predicted molar refractivity (Wildman–Crippen MR) is 135 cm³/mol. The quantitative estimate of drug-likeness (QED) is 0.301. The van der Waals surface area contributed by atoms with Gasteiger partial charge < -0.3 is 14.4 Å². The lowest BCUT2D eigenvalue weighted by molar-refractivity contribution is 0.328. The molecule has 0 aliphatic rings. The first-order valence-electron chi connectivity index (χ1n) is 10.9. The van der Waals surface area contributed by atoms with E-state index in [1.165, 1.54) is 43.3 Å². The summed E-state index contributed by atoms with van der Waals surface area (Å²) in [5, 5.41) is 0.175. The Hall–Kier alpha value is -4.03. The molecule has 4 rings (SSSR count). The number of halogens is 2. The molecule has 0 spiro atoms. The Bertz CT molecular complexity index is 1580. The molecule has 0 saturated heterocycles. The van der Waals surface area contributed by atoms with Crippen LogP contribution in [0.25, 0.3) is 16.6 Å². The van der Waals surface area contributed by atoms with Crippen LogP contribution in [0.15, 0.2) is 65.7 Å². The molecule has 12 heteroatoms. The third-order valence-corrected chi connectivity index (χ3v) is 6.12. The highest BCUT2D eigenvalue weighted by Crippen LogP contribution is 2.40. The van der Waals surface area contributed by atoms with Gasteiger partial charge in [0.2, 0.25) is 0 Å². The summed E-state index contributed by atoms with van der Waals surface area (Å²) < 4.78 is 70.2. The van der Waals surface area contributed by atoms with Crippen LogP contribution >= 0.6 is 0 Å². The highest BCUT2D eigenvalue weighted by Gasteiger charge is 2.26. The Morgan fingerprint density at radius 2 is 1.62 bits per heavy atom. The molecule has 0 fully saturated rings. The number of anilines is 2. The highest BCUT2D eigenvalue weighted by atomic mass is 32.2. The lowest BCUT2D eigenvalue weighted by Crippen LogP contribution is -2.26. The van der Waals surface area contributed by atoms with Crippen molar-refractivity contribution in [1.29, 1.82) is 0 Å². The smallest absolute Gasteiger partial charge is 0.265 e. The molecule has 0 saturated carbocycles. The van der Waals surface area contributed by atoms with Gasteiger partial charge in [-0.3, -0.25) is 13.5 Å². The van der Waals surface area contributed by atoms with E-state index in [4.69, 9.17) is 13.7 Å². The minimum atomic E-state index is -3.83. The molecular formula is C25H23F2N3O6S. The van der Waals surface area contributed by atoms with Crippen molar-refractivity contribution in [3.63, 3.8) is 0 Å². The van der Waals surface area contributed by atoms with Crippen LogP contribution in [0, 0.1) is 11.6 Å². The predicted octanol–water partition coefficient (Wildman–Crippen LogP) is 3.80. The van der Waals surface area contributed by atoms with Crippen LogP contribution in [0.5, 0.6) is 11.5 Å². The Balaban J connectivity index is 1.91. The molecule has 0 aliphatic carbocycles. The molecule has 1 aromatic heterocycles. The van der Waals surface area contributed by atoms with E-state index in [-0.39, 0.29) is 29.1 Å². The second-order valence-electron chi connectivity index (χ2n) is 7.89. The zero-order chi connectivity index (χ0) is 26.7. The second kappa shape index (κ2) is 10.5. The topological polar surface area (TPSA) is 100.0 Å². The number of para-hydroxylation sites is 1. The zero-order valence-electron chi connectivity index (χ0n) is 20.1. The molecule has 37 heavy (non-hydrogen) atoms. The van der Waals surface area contributed by atoms with Gasteiger partial charge in [-0.2, -0.15) is 8.42 Å². The van der Waals surface area contributed by atoms with E-state index in [0.29, 0.717) is 11.2 Å². The highest BCUT2D eigenvalue weighted by molar-refractivity contribution is 7.85. The van der Waals surface area contributed by atoms with E-state index < -0.39 is 39.6 Å². The van der Waals surface area contributed by atoms with Gasteiger partial charge in [-0.1, -0.05) is 18.2 Å². The van der Waals surface area contributed by atoms with E-state index in [1.54, 1.807) is 24.3 Å². The summed E-state index contributed by atoms with van der Waals surface area (Å²) >= 11 is 0. The number of hydrogen-bond donors (Lipinski definition) is 0. The molecule has 4 aromatic rings. The number of rotatable bonds is 9. The number of hydrogen-bond acceptors (Lipinski definition) is 8. The van der Waals surface area contributed by atoms with Gasteiger partial charge in [-0.05, 0) is 30.3 Å². The first-order chi connectivity index (χ1) is 17.6. The maximum Gasteiger partial charge on any atom is 0.265 e. The number of methoxy groups -OCH3 is 2. The standard InChI is InChI=1S/C25H23F2N3O6S/c1-34-20-14-21(35-2)23(27)24(22(20)26)29(11-12-36-37(3,32)33)17-9-10-19-18(13-17)25(31)30(15-28-19)16-7-5-4-6-8-16/h4-10,13-15H,11-12H2,1-3H3. The average molecular weight is 532 g/mol. The van der Waals surface area contributed by atoms with E-state index in [0.717, 1.165) is 17.2 Å². The van der Waals surface area contributed by atoms with Crippen molar-refractivity contribution >= 4 is 32.4 Å². The van der Waals surface area contributed by atoms with E-state index in [1.807, 2.05) is 6.07 Å². The molecule has 9 nitrogen and oxygen atoms in total.